The van der Waals surface area contributed by atoms with Crippen LogP contribution in [0, 0.1) is 5.92 Å². The minimum Gasteiger partial charge on any atom is -0.336 e. The third kappa shape index (κ3) is 3.84. The fourth-order valence-corrected chi connectivity index (χ4v) is 2.64. The predicted molar refractivity (Wildman–Crippen MR) is 83.4 cm³/mol. The number of benzene rings is 1. The Hall–Kier alpha value is -1.32. The van der Waals surface area contributed by atoms with Crippen LogP contribution in [0.25, 0.3) is 6.08 Å². The van der Waals surface area contributed by atoms with Gasteiger partial charge in [-0.2, -0.15) is 0 Å². The standard InChI is InChI=1S/C16H21ClN2O/c1-12-2-3-14(10-18)11-19(12)16(20)9-6-13-4-7-15(17)8-5-13/h4-9,12,14H,2-3,10-11,18H2,1H3. The molecule has 0 bridgehead atoms. The second-order valence-corrected chi connectivity index (χ2v) is 5.84. The van der Waals surface area contributed by atoms with Crippen molar-refractivity contribution in [3.8, 4) is 0 Å². The highest BCUT2D eigenvalue weighted by atomic mass is 35.5. The van der Waals surface area contributed by atoms with Crippen LogP contribution in [0.2, 0.25) is 5.02 Å². The van der Waals surface area contributed by atoms with Crippen molar-refractivity contribution >= 4 is 23.6 Å². The van der Waals surface area contributed by atoms with Gasteiger partial charge in [0.25, 0.3) is 0 Å². The SMILES string of the molecule is CC1CCC(CN)CN1C(=O)C=Cc1ccc(Cl)cc1. The Morgan fingerprint density at radius 2 is 2.10 bits per heavy atom. The number of nitrogens with two attached hydrogens (primary N) is 1. The number of amides is 1. The van der Waals surface area contributed by atoms with Crippen LogP contribution in [-0.2, 0) is 4.79 Å². The minimum absolute atomic E-state index is 0.0607. The first-order valence-electron chi connectivity index (χ1n) is 7.04. The number of rotatable bonds is 3. The maximum Gasteiger partial charge on any atom is 0.246 e. The molecule has 0 spiro atoms. The maximum absolute atomic E-state index is 12.3. The van der Waals surface area contributed by atoms with Crippen LogP contribution in [0.15, 0.2) is 30.3 Å². The van der Waals surface area contributed by atoms with Crippen LogP contribution in [0.3, 0.4) is 0 Å². The van der Waals surface area contributed by atoms with E-state index in [9.17, 15) is 4.79 Å². The van der Waals surface area contributed by atoms with Crippen LogP contribution in [0.5, 0.6) is 0 Å². The molecule has 1 aliphatic heterocycles. The summed E-state index contributed by atoms with van der Waals surface area (Å²) in [5.74, 6) is 0.490. The molecule has 0 radical (unpaired) electrons. The first-order valence-corrected chi connectivity index (χ1v) is 7.42. The van der Waals surface area contributed by atoms with Crippen LogP contribution >= 0.6 is 11.6 Å². The van der Waals surface area contributed by atoms with Crippen molar-refractivity contribution in [3.05, 3.63) is 40.9 Å². The lowest BCUT2D eigenvalue weighted by Crippen LogP contribution is -2.46. The zero-order chi connectivity index (χ0) is 14.5. The van der Waals surface area contributed by atoms with Gasteiger partial charge in [0.2, 0.25) is 5.91 Å². The highest BCUT2D eigenvalue weighted by Gasteiger charge is 2.26. The molecule has 20 heavy (non-hydrogen) atoms. The second kappa shape index (κ2) is 6.91. The molecule has 4 heteroatoms. The van der Waals surface area contributed by atoms with Crippen molar-refractivity contribution in [2.75, 3.05) is 13.1 Å². The average molecular weight is 293 g/mol. The topological polar surface area (TPSA) is 46.3 Å². The molecule has 1 aromatic rings. The molecule has 1 aliphatic rings. The first kappa shape index (κ1) is 15.1. The Morgan fingerprint density at radius 3 is 2.75 bits per heavy atom. The van der Waals surface area contributed by atoms with Crippen molar-refractivity contribution in [2.24, 2.45) is 11.7 Å². The second-order valence-electron chi connectivity index (χ2n) is 5.40. The van der Waals surface area contributed by atoms with E-state index >= 15 is 0 Å². The average Bonchev–Trinajstić information content (AvgIpc) is 2.47. The summed E-state index contributed by atoms with van der Waals surface area (Å²) < 4.78 is 0. The minimum atomic E-state index is 0.0607. The first-order chi connectivity index (χ1) is 9.60. The molecule has 1 aromatic carbocycles. The summed E-state index contributed by atoms with van der Waals surface area (Å²) in [4.78, 5) is 14.2. The van der Waals surface area contributed by atoms with Crippen molar-refractivity contribution < 1.29 is 4.79 Å². The summed E-state index contributed by atoms with van der Waals surface area (Å²) in [5.41, 5.74) is 6.70. The van der Waals surface area contributed by atoms with Crippen LogP contribution < -0.4 is 5.73 Å². The molecule has 1 heterocycles. The van der Waals surface area contributed by atoms with Crippen molar-refractivity contribution in [2.45, 2.75) is 25.8 Å². The summed E-state index contributed by atoms with van der Waals surface area (Å²) in [6.07, 6.45) is 5.61. The fraction of sp³-hybridized carbons (Fsp3) is 0.438. The van der Waals surface area contributed by atoms with E-state index in [-0.39, 0.29) is 5.91 Å². The van der Waals surface area contributed by atoms with Crippen molar-refractivity contribution in [1.29, 1.82) is 0 Å². The van der Waals surface area contributed by atoms with Gasteiger partial charge in [0.15, 0.2) is 0 Å². The number of nitrogens with zero attached hydrogens (tertiary/aromatic N) is 1. The number of halogens is 1. The zero-order valence-corrected chi connectivity index (χ0v) is 12.5. The smallest absolute Gasteiger partial charge is 0.246 e. The van der Waals surface area contributed by atoms with Gasteiger partial charge >= 0.3 is 0 Å². The number of carbonyl (C=O) groups excluding carboxylic acids is 1. The van der Waals surface area contributed by atoms with Crippen LogP contribution in [-0.4, -0.2) is 29.9 Å². The molecule has 1 amide bonds. The molecular weight excluding hydrogens is 272 g/mol. The highest BCUT2D eigenvalue weighted by Crippen LogP contribution is 2.21. The van der Waals surface area contributed by atoms with E-state index in [0.717, 1.165) is 24.9 Å². The normalized spacial score (nSPS) is 23.2. The Morgan fingerprint density at radius 1 is 1.40 bits per heavy atom. The molecule has 2 unspecified atom stereocenters. The third-order valence-corrected chi connectivity index (χ3v) is 4.14. The van der Waals surface area contributed by atoms with E-state index in [1.54, 1.807) is 6.08 Å². The molecule has 0 aromatic heterocycles. The summed E-state index contributed by atoms with van der Waals surface area (Å²) in [7, 11) is 0. The van der Waals surface area contributed by atoms with E-state index in [0.29, 0.717) is 23.5 Å². The van der Waals surface area contributed by atoms with Gasteiger partial charge in [-0.15, -0.1) is 0 Å². The lowest BCUT2D eigenvalue weighted by atomic mass is 9.93. The summed E-state index contributed by atoms with van der Waals surface area (Å²) in [6, 6.07) is 7.72. The molecule has 2 rings (SSSR count). The van der Waals surface area contributed by atoms with Crippen LogP contribution in [0.4, 0.5) is 0 Å². The van der Waals surface area contributed by atoms with Gasteiger partial charge in [-0.3, -0.25) is 4.79 Å². The number of hydrogen-bond acceptors (Lipinski definition) is 2. The third-order valence-electron chi connectivity index (χ3n) is 3.88. The van der Waals surface area contributed by atoms with E-state index < -0.39 is 0 Å². The van der Waals surface area contributed by atoms with E-state index in [4.69, 9.17) is 17.3 Å². The van der Waals surface area contributed by atoms with Gasteiger partial charge in [0, 0.05) is 23.7 Å². The molecule has 0 saturated carbocycles. The Kier molecular flexibility index (Phi) is 5.21. The molecule has 1 saturated heterocycles. The van der Waals surface area contributed by atoms with Gasteiger partial charge in [0.05, 0.1) is 0 Å². The molecular formula is C16H21ClN2O. The Balaban J connectivity index is 2.01. The number of likely N-dealkylation sites (tertiary alicyclic amines) is 1. The monoisotopic (exact) mass is 292 g/mol. The number of carbonyl (C=O) groups is 1. The Labute approximate surface area is 125 Å². The lowest BCUT2D eigenvalue weighted by molar-refractivity contribution is -0.130. The molecule has 0 aliphatic carbocycles. The van der Waals surface area contributed by atoms with E-state index in [2.05, 4.69) is 6.92 Å². The summed E-state index contributed by atoms with van der Waals surface area (Å²) in [6.45, 7) is 3.51. The maximum atomic E-state index is 12.3. The largest absolute Gasteiger partial charge is 0.336 e. The van der Waals surface area contributed by atoms with Crippen molar-refractivity contribution in [3.63, 3.8) is 0 Å². The Bertz CT molecular complexity index is 484. The highest BCUT2D eigenvalue weighted by molar-refractivity contribution is 6.30. The van der Waals surface area contributed by atoms with Gasteiger partial charge in [-0.25, -0.2) is 0 Å². The number of hydrogen-bond donors (Lipinski definition) is 1. The fourth-order valence-electron chi connectivity index (χ4n) is 2.52. The predicted octanol–water partition coefficient (Wildman–Crippen LogP) is 2.94. The summed E-state index contributed by atoms with van der Waals surface area (Å²) >= 11 is 5.84. The van der Waals surface area contributed by atoms with Gasteiger partial charge in [-0.05, 0) is 56.0 Å². The van der Waals surface area contributed by atoms with Crippen molar-refractivity contribution in [1.82, 2.24) is 4.90 Å². The van der Waals surface area contributed by atoms with Gasteiger partial charge < -0.3 is 10.6 Å². The lowest BCUT2D eigenvalue weighted by Gasteiger charge is -2.37. The quantitative estimate of drug-likeness (QED) is 0.871. The molecule has 2 N–H and O–H groups in total. The van der Waals surface area contributed by atoms with E-state index in [1.165, 1.54) is 0 Å². The van der Waals surface area contributed by atoms with Gasteiger partial charge in [-0.1, -0.05) is 23.7 Å². The van der Waals surface area contributed by atoms with Crippen LogP contribution in [0.1, 0.15) is 25.3 Å². The van der Waals surface area contributed by atoms with E-state index in [1.807, 2.05) is 35.2 Å². The molecule has 2 atom stereocenters. The molecule has 108 valence electrons. The molecule has 3 nitrogen and oxygen atoms in total. The molecule has 1 fully saturated rings. The number of piperidine rings is 1. The summed E-state index contributed by atoms with van der Waals surface area (Å²) in [5, 5.41) is 0.698. The zero-order valence-electron chi connectivity index (χ0n) is 11.8. The van der Waals surface area contributed by atoms with Gasteiger partial charge in [0.1, 0.15) is 0 Å².